The Bertz CT molecular complexity index is 351. The van der Waals surface area contributed by atoms with Crippen LogP contribution in [0.15, 0.2) is 30.3 Å². The molecule has 0 aromatic heterocycles. The molecule has 0 aliphatic rings. The maximum absolute atomic E-state index is 12.1. The Morgan fingerprint density at radius 1 is 1.19 bits per heavy atom. The molecule has 1 aromatic rings. The first-order valence-electron chi connectivity index (χ1n) is 5.57. The van der Waals surface area contributed by atoms with Crippen LogP contribution >= 0.6 is 11.6 Å². The van der Waals surface area contributed by atoms with Gasteiger partial charge >= 0.3 is 0 Å². The van der Waals surface area contributed by atoms with Gasteiger partial charge in [0, 0.05) is 5.56 Å². The molecule has 0 amide bonds. The number of ketones is 1. The predicted molar refractivity (Wildman–Crippen MR) is 69.0 cm³/mol. The Hall–Kier alpha value is -0.820. The van der Waals surface area contributed by atoms with Gasteiger partial charge in [-0.1, -0.05) is 58.0 Å². The van der Waals surface area contributed by atoms with E-state index in [1.165, 1.54) is 0 Å². The molecule has 0 bridgehead atoms. The lowest BCUT2D eigenvalue weighted by atomic mass is 9.78. The van der Waals surface area contributed by atoms with Crippen molar-refractivity contribution in [3.05, 3.63) is 35.9 Å². The van der Waals surface area contributed by atoms with Gasteiger partial charge in [-0.25, -0.2) is 0 Å². The van der Waals surface area contributed by atoms with Crippen LogP contribution in [0, 0.1) is 11.3 Å². The molecule has 1 nitrogen and oxygen atoms in total. The van der Waals surface area contributed by atoms with Gasteiger partial charge in [0.2, 0.25) is 0 Å². The van der Waals surface area contributed by atoms with Crippen molar-refractivity contribution < 1.29 is 4.79 Å². The van der Waals surface area contributed by atoms with Gasteiger partial charge in [0.15, 0.2) is 5.78 Å². The van der Waals surface area contributed by atoms with Crippen LogP contribution in [0.3, 0.4) is 0 Å². The van der Waals surface area contributed by atoms with E-state index in [1.807, 2.05) is 37.3 Å². The molecule has 2 heteroatoms. The van der Waals surface area contributed by atoms with Gasteiger partial charge in [0.1, 0.15) is 0 Å². The van der Waals surface area contributed by atoms with Crippen LogP contribution in [0.4, 0.5) is 0 Å². The number of hydrogen-bond acceptors (Lipinski definition) is 1. The minimum atomic E-state index is -0.456. The summed E-state index contributed by atoms with van der Waals surface area (Å²) in [6, 6.07) is 9.24. The fourth-order valence-electron chi connectivity index (χ4n) is 1.43. The summed E-state index contributed by atoms with van der Waals surface area (Å²) in [5, 5.41) is -0.456. The predicted octanol–water partition coefficient (Wildman–Crippen LogP) is 4.16. The van der Waals surface area contributed by atoms with Gasteiger partial charge in [0.25, 0.3) is 0 Å². The minimum absolute atomic E-state index is 0.0182. The molecule has 0 heterocycles. The molecule has 1 aromatic carbocycles. The van der Waals surface area contributed by atoms with Crippen LogP contribution in [0.1, 0.15) is 38.1 Å². The highest BCUT2D eigenvalue weighted by atomic mass is 35.5. The number of rotatable bonds is 3. The van der Waals surface area contributed by atoms with Crippen molar-refractivity contribution in [2.45, 2.75) is 33.1 Å². The van der Waals surface area contributed by atoms with Gasteiger partial charge in [-0.05, 0) is 11.3 Å². The highest BCUT2D eigenvalue weighted by Crippen LogP contribution is 2.32. The summed E-state index contributed by atoms with van der Waals surface area (Å²) in [7, 11) is 0. The molecule has 88 valence electrons. The van der Waals surface area contributed by atoms with Gasteiger partial charge in [0.05, 0.1) is 5.38 Å². The number of alkyl halides is 1. The molecule has 0 saturated carbocycles. The van der Waals surface area contributed by atoms with E-state index in [0.717, 1.165) is 0 Å². The third-order valence-electron chi connectivity index (χ3n) is 3.11. The molecule has 16 heavy (non-hydrogen) atoms. The first-order valence-corrected chi connectivity index (χ1v) is 6.01. The second-order valence-corrected chi connectivity index (χ2v) is 5.76. The number of carbonyl (C=O) groups is 1. The third-order valence-corrected chi connectivity index (χ3v) is 3.69. The highest BCUT2D eigenvalue weighted by Gasteiger charge is 2.31. The zero-order chi connectivity index (χ0) is 12.3. The summed E-state index contributed by atoms with van der Waals surface area (Å²) in [6.45, 7) is 8.33. The van der Waals surface area contributed by atoms with Crippen molar-refractivity contribution in [1.29, 1.82) is 0 Å². The molecule has 0 radical (unpaired) electrons. The SMILES string of the molecule is CC([C@@H](Cl)C(=O)c1ccccc1)C(C)(C)C. The maximum Gasteiger partial charge on any atom is 0.180 e. The zero-order valence-corrected chi connectivity index (χ0v) is 11.1. The fraction of sp³-hybridized carbons (Fsp3) is 0.500. The number of carbonyl (C=O) groups excluding carboxylic acids is 1. The Kier molecular flexibility index (Phi) is 4.15. The van der Waals surface area contributed by atoms with E-state index in [1.54, 1.807) is 0 Å². The summed E-state index contributed by atoms with van der Waals surface area (Å²) < 4.78 is 0. The van der Waals surface area contributed by atoms with E-state index >= 15 is 0 Å². The van der Waals surface area contributed by atoms with Crippen LogP contribution in [0.25, 0.3) is 0 Å². The molecule has 0 aliphatic carbocycles. The van der Waals surface area contributed by atoms with Crippen molar-refractivity contribution in [2.24, 2.45) is 11.3 Å². The molecule has 1 unspecified atom stereocenters. The van der Waals surface area contributed by atoms with Gasteiger partial charge in [-0.15, -0.1) is 11.6 Å². The largest absolute Gasteiger partial charge is 0.292 e. The van der Waals surface area contributed by atoms with Gasteiger partial charge < -0.3 is 0 Å². The summed E-state index contributed by atoms with van der Waals surface area (Å²) >= 11 is 6.25. The lowest BCUT2D eigenvalue weighted by Crippen LogP contribution is -2.32. The molecular formula is C14H19ClO. The Morgan fingerprint density at radius 2 is 1.69 bits per heavy atom. The second kappa shape index (κ2) is 5.01. The number of halogens is 1. The van der Waals surface area contributed by atoms with Crippen molar-refractivity contribution in [3.63, 3.8) is 0 Å². The fourth-order valence-corrected chi connectivity index (χ4v) is 1.93. The van der Waals surface area contributed by atoms with Crippen molar-refractivity contribution in [1.82, 2.24) is 0 Å². The molecule has 0 aliphatic heterocycles. The van der Waals surface area contributed by atoms with E-state index in [-0.39, 0.29) is 17.1 Å². The molecule has 0 saturated heterocycles. The van der Waals surface area contributed by atoms with Gasteiger partial charge in [-0.3, -0.25) is 4.79 Å². The molecule has 1 rings (SSSR count). The number of Topliss-reactive ketones (excluding diaryl/α,β-unsaturated/α-hetero) is 1. The average Bonchev–Trinajstić information content (AvgIpc) is 2.26. The second-order valence-electron chi connectivity index (χ2n) is 5.29. The summed E-state index contributed by atoms with van der Waals surface area (Å²) in [4.78, 5) is 12.1. The third kappa shape index (κ3) is 3.08. The molecule has 0 fully saturated rings. The average molecular weight is 239 g/mol. The summed E-state index contributed by atoms with van der Waals surface area (Å²) in [5.41, 5.74) is 0.732. The Morgan fingerprint density at radius 3 is 2.12 bits per heavy atom. The van der Waals surface area contributed by atoms with E-state index in [9.17, 15) is 4.79 Å². The standard InChI is InChI=1S/C14H19ClO/c1-10(14(2,3)4)12(15)13(16)11-8-6-5-7-9-11/h5-10,12H,1-4H3/t10?,12-/m1/s1. The molecule has 0 spiro atoms. The van der Waals surface area contributed by atoms with E-state index in [2.05, 4.69) is 20.8 Å². The van der Waals surface area contributed by atoms with E-state index in [4.69, 9.17) is 11.6 Å². The van der Waals surface area contributed by atoms with Gasteiger partial charge in [-0.2, -0.15) is 0 Å². The van der Waals surface area contributed by atoms with Crippen LogP contribution in [0.2, 0.25) is 0 Å². The molecular weight excluding hydrogens is 220 g/mol. The van der Waals surface area contributed by atoms with E-state index in [0.29, 0.717) is 5.56 Å². The summed E-state index contributed by atoms with van der Waals surface area (Å²) in [6.07, 6.45) is 0. The first kappa shape index (κ1) is 13.2. The Labute approximate surface area is 103 Å². The molecule has 2 atom stereocenters. The zero-order valence-electron chi connectivity index (χ0n) is 10.3. The van der Waals surface area contributed by atoms with Crippen LogP contribution in [-0.2, 0) is 0 Å². The smallest absolute Gasteiger partial charge is 0.180 e. The monoisotopic (exact) mass is 238 g/mol. The van der Waals surface area contributed by atoms with E-state index < -0.39 is 5.38 Å². The quantitative estimate of drug-likeness (QED) is 0.571. The van der Waals surface area contributed by atoms with Crippen LogP contribution < -0.4 is 0 Å². The first-order chi connectivity index (χ1) is 7.34. The normalized spacial score (nSPS) is 15.6. The van der Waals surface area contributed by atoms with Crippen molar-refractivity contribution >= 4 is 17.4 Å². The van der Waals surface area contributed by atoms with Crippen LogP contribution in [-0.4, -0.2) is 11.2 Å². The lowest BCUT2D eigenvalue weighted by molar-refractivity contribution is 0.0935. The number of hydrogen-bond donors (Lipinski definition) is 0. The highest BCUT2D eigenvalue weighted by molar-refractivity contribution is 6.34. The molecule has 0 N–H and O–H groups in total. The topological polar surface area (TPSA) is 17.1 Å². The number of benzene rings is 1. The maximum atomic E-state index is 12.1. The van der Waals surface area contributed by atoms with Crippen molar-refractivity contribution in [3.8, 4) is 0 Å². The van der Waals surface area contributed by atoms with Crippen molar-refractivity contribution in [2.75, 3.05) is 0 Å². The lowest BCUT2D eigenvalue weighted by Gasteiger charge is -2.30. The minimum Gasteiger partial charge on any atom is -0.292 e. The summed E-state index contributed by atoms with van der Waals surface area (Å²) in [5.74, 6) is 0.159. The Balaban J connectivity index is 2.84. The van der Waals surface area contributed by atoms with Crippen LogP contribution in [0.5, 0.6) is 0 Å².